The summed E-state index contributed by atoms with van der Waals surface area (Å²) in [5.74, 6) is 0.526. The van der Waals surface area contributed by atoms with Crippen molar-refractivity contribution in [3.63, 3.8) is 0 Å². The number of carboxylic acids is 1. The molecule has 0 radical (unpaired) electrons. The van der Waals surface area contributed by atoms with Crippen LogP contribution in [0.5, 0.6) is 0 Å². The van der Waals surface area contributed by atoms with Crippen molar-refractivity contribution in [1.82, 2.24) is 4.90 Å². The van der Waals surface area contributed by atoms with Gasteiger partial charge in [-0.2, -0.15) is 0 Å². The van der Waals surface area contributed by atoms with E-state index in [1.807, 2.05) is 30.9 Å². The van der Waals surface area contributed by atoms with Crippen LogP contribution in [0, 0.1) is 28.6 Å². The average Bonchev–Trinajstić information content (AvgIpc) is 2.62. The molecule has 1 heterocycles. The minimum atomic E-state index is -0.643. The standard InChI is InChI=1S/C22H25Cl2NO3/c1-21(2)18(14-4-3-5-15(23)16(14)24)25(19(21)26)17-12-6-11-7-13(17)10-22(8-11,9-12)20(27)28/h3-5,11-13,17-18H,6-10H2,1-2H3,(H,27,28)/t11?,12-,13?,17-,18?,22-/m0/s1. The lowest BCUT2D eigenvalue weighted by Crippen LogP contribution is -2.70. The second kappa shape index (κ2) is 5.89. The van der Waals surface area contributed by atoms with E-state index in [-0.39, 0.29) is 29.8 Å². The van der Waals surface area contributed by atoms with E-state index in [1.54, 1.807) is 6.07 Å². The maximum atomic E-state index is 13.2. The third-order valence-electron chi connectivity index (χ3n) is 8.02. The van der Waals surface area contributed by atoms with Gasteiger partial charge in [0.05, 0.1) is 26.9 Å². The Bertz CT molecular complexity index is 867. The van der Waals surface area contributed by atoms with E-state index >= 15 is 0 Å². The third kappa shape index (κ3) is 2.31. The van der Waals surface area contributed by atoms with Gasteiger partial charge in [-0.1, -0.05) is 35.3 Å². The molecule has 4 nitrogen and oxygen atoms in total. The first-order chi connectivity index (χ1) is 13.2. The molecule has 1 saturated heterocycles. The van der Waals surface area contributed by atoms with Crippen molar-refractivity contribution in [3.8, 4) is 0 Å². The molecular weight excluding hydrogens is 397 g/mol. The molecule has 1 aliphatic heterocycles. The average molecular weight is 422 g/mol. The molecule has 6 heteroatoms. The highest BCUT2D eigenvalue weighted by Crippen LogP contribution is 2.64. The second-order valence-electron chi connectivity index (χ2n) is 10.0. The van der Waals surface area contributed by atoms with Crippen LogP contribution in [-0.4, -0.2) is 27.9 Å². The number of aliphatic carboxylic acids is 1. The summed E-state index contributed by atoms with van der Waals surface area (Å²) in [6.45, 7) is 3.95. The van der Waals surface area contributed by atoms with Gasteiger partial charge in [0.15, 0.2) is 0 Å². The molecule has 5 aliphatic rings. The number of rotatable bonds is 3. The van der Waals surface area contributed by atoms with E-state index in [2.05, 4.69) is 0 Å². The summed E-state index contributed by atoms with van der Waals surface area (Å²) in [5, 5.41) is 10.9. The first-order valence-corrected chi connectivity index (χ1v) is 10.9. The number of amides is 1. The van der Waals surface area contributed by atoms with Gasteiger partial charge in [-0.05, 0) is 75.3 Å². The number of hydrogen-bond acceptors (Lipinski definition) is 2. The number of halogens is 2. The van der Waals surface area contributed by atoms with E-state index < -0.39 is 16.8 Å². The first kappa shape index (κ1) is 18.7. The Morgan fingerprint density at radius 2 is 1.79 bits per heavy atom. The summed E-state index contributed by atoms with van der Waals surface area (Å²) in [4.78, 5) is 27.3. The van der Waals surface area contributed by atoms with Crippen molar-refractivity contribution >= 4 is 35.1 Å². The highest BCUT2D eigenvalue weighted by molar-refractivity contribution is 6.42. The van der Waals surface area contributed by atoms with Gasteiger partial charge in [0.2, 0.25) is 5.91 Å². The topological polar surface area (TPSA) is 57.6 Å². The molecule has 4 saturated carbocycles. The predicted octanol–water partition coefficient (Wildman–Crippen LogP) is 5.18. The van der Waals surface area contributed by atoms with Crippen molar-refractivity contribution in [1.29, 1.82) is 0 Å². The SMILES string of the molecule is CC1(C)C(=O)N([C@@H]2C3CC4C[C@H]2C[C@@](C(=O)O)(C4)C3)C1c1cccc(Cl)c1Cl. The van der Waals surface area contributed by atoms with Crippen LogP contribution >= 0.6 is 23.2 Å². The molecule has 150 valence electrons. The lowest BCUT2D eigenvalue weighted by atomic mass is 9.47. The van der Waals surface area contributed by atoms with Gasteiger partial charge >= 0.3 is 5.97 Å². The van der Waals surface area contributed by atoms with Crippen LogP contribution < -0.4 is 0 Å². The molecule has 3 unspecified atom stereocenters. The fourth-order valence-corrected chi connectivity index (χ4v) is 7.55. The van der Waals surface area contributed by atoms with Gasteiger partial charge in [-0.15, -0.1) is 0 Å². The Hall–Kier alpha value is -1.26. The smallest absolute Gasteiger partial charge is 0.309 e. The van der Waals surface area contributed by atoms with Crippen LogP contribution in [0.15, 0.2) is 18.2 Å². The number of nitrogens with zero attached hydrogens (tertiary/aromatic N) is 1. The molecule has 28 heavy (non-hydrogen) atoms. The molecule has 4 bridgehead atoms. The quantitative estimate of drug-likeness (QED) is 0.683. The number of hydrogen-bond donors (Lipinski definition) is 1. The normalized spacial score (nSPS) is 40.5. The van der Waals surface area contributed by atoms with Crippen molar-refractivity contribution in [2.24, 2.45) is 28.6 Å². The molecule has 1 amide bonds. The Labute approximate surface area is 175 Å². The Balaban J connectivity index is 1.53. The Kier molecular flexibility index (Phi) is 3.94. The Morgan fingerprint density at radius 1 is 1.14 bits per heavy atom. The highest BCUT2D eigenvalue weighted by Gasteiger charge is 2.65. The molecule has 4 aliphatic carbocycles. The molecular formula is C22H25Cl2NO3. The van der Waals surface area contributed by atoms with E-state index in [9.17, 15) is 14.7 Å². The molecule has 1 aromatic carbocycles. The van der Waals surface area contributed by atoms with E-state index in [4.69, 9.17) is 23.2 Å². The number of carboxylic acid groups (broad SMARTS) is 1. The van der Waals surface area contributed by atoms with Gasteiger partial charge in [-0.25, -0.2) is 0 Å². The van der Waals surface area contributed by atoms with E-state index in [1.165, 1.54) is 0 Å². The zero-order chi connectivity index (χ0) is 20.0. The first-order valence-electron chi connectivity index (χ1n) is 10.2. The van der Waals surface area contributed by atoms with E-state index in [0.717, 1.165) is 24.8 Å². The van der Waals surface area contributed by atoms with Gasteiger partial charge in [-0.3, -0.25) is 9.59 Å². The van der Waals surface area contributed by atoms with Gasteiger partial charge in [0.1, 0.15) is 0 Å². The van der Waals surface area contributed by atoms with Crippen LogP contribution in [0.1, 0.15) is 57.6 Å². The fraction of sp³-hybridized carbons (Fsp3) is 0.636. The van der Waals surface area contributed by atoms with Crippen LogP contribution in [0.3, 0.4) is 0 Å². The molecule has 1 N–H and O–H groups in total. The number of benzene rings is 1. The lowest BCUT2D eigenvalue weighted by molar-refractivity contribution is -0.202. The summed E-state index contributed by atoms with van der Waals surface area (Å²) in [7, 11) is 0. The summed E-state index contributed by atoms with van der Waals surface area (Å²) in [6, 6.07) is 5.62. The molecule has 1 aromatic rings. The summed E-state index contributed by atoms with van der Waals surface area (Å²) < 4.78 is 0. The second-order valence-corrected chi connectivity index (χ2v) is 10.8. The van der Waals surface area contributed by atoms with Crippen LogP contribution in [0.4, 0.5) is 0 Å². The van der Waals surface area contributed by atoms with Crippen LogP contribution in [0.25, 0.3) is 0 Å². The van der Waals surface area contributed by atoms with Crippen LogP contribution in [0.2, 0.25) is 10.0 Å². The number of likely N-dealkylation sites (tertiary alicyclic amines) is 1. The minimum absolute atomic E-state index is 0.115. The summed E-state index contributed by atoms with van der Waals surface area (Å²) in [6.07, 6.45) is 4.28. The van der Waals surface area contributed by atoms with Crippen molar-refractivity contribution in [2.75, 3.05) is 0 Å². The maximum absolute atomic E-state index is 13.2. The van der Waals surface area contributed by atoms with Gasteiger partial charge in [0, 0.05) is 6.04 Å². The van der Waals surface area contributed by atoms with Gasteiger partial charge in [0.25, 0.3) is 0 Å². The van der Waals surface area contributed by atoms with Crippen molar-refractivity contribution in [2.45, 2.75) is 58.0 Å². The Morgan fingerprint density at radius 3 is 2.39 bits per heavy atom. The zero-order valence-electron chi connectivity index (χ0n) is 16.1. The van der Waals surface area contributed by atoms with Crippen molar-refractivity contribution in [3.05, 3.63) is 33.8 Å². The maximum Gasteiger partial charge on any atom is 0.309 e. The van der Waals surface area contributed by atoms with Crippen molar-refractivity contribution < 1.29 is 14.7 Å². The predicted molar refractivity (Wildman–Crippen MR) is 107 cm³/mol. The molecule has 6 atom stereocenters. The fourth-order valence-electron chi connectivity index (χ4n) is 7.14. The lowest BCUT2D eigenvalue weighted by Gasteiger charge is -2.66. The summed E-state index contributed by atoms with van der Waals surface area (Å²) in [5.41, 5.74) is -0.201. The monoisotopic (exact) mass is 421 g/mol. The number of β-lactam (4-membered cyclic amide) rings is 1. The van der Waals surface area contributed by atoms with Gasteiger partial charge < -0.3 is 10.0 Å². The highest BCUT2D eigenvalue weighted by atomic mass is 35.5. The molecule has 5 fully saturated rings. The van der Waals surface area contributed by atoms with E-state index in [0.29, 0.717) is 28.8 Å². The number of carbonyl (C=O) groups is 2. The third-order valence-corrected chi connectivity index (χ3v) is 8.86. The molecule has 0 aromatic heterocycles. The molecule has 6 rings (SSSR count). The number of carbonyl (C=O) groups excluding carboxylic acids is 1. The zero-order valence-corrected chi connectivity index (χ0v) is 17.6. The largest absolute Gasteiger partial charge is 0.481 e. The molecule has 0 spiro atoms. The minimum Gasteiger partial charge on any atom is -0.481 e. The summed E-state index contributed by atoms with van der Waals surface area (Å²) >= 11 is 12.8. The van der Waals surface area contributed by atoms with Crippen LogP contribution in [-0.2, 0) is 9.59 Å².